The lowest BCUT2D eigenvalue weighted by Crippen LogP contribution is -2.49. The Morgan fingerprint density at radius 2 is 2.04 bits per heavy atom. The molecule has 1 aromatic carbocycles. The molecule has 1 aromatic rings. The summed E-state index contributed by atoms with van der Waals surface area (Å²) in [5.41, 5.74) is -4.45. The van der Waals surface area contributed by atoms with Gasteiger partial charge in [0.05, 0.1) is 11.9 Å². The quantitative estimate of drug-likeness (QED) is 0.598. The maximum atomic E-state index is 13.9. The van der Waals surface area contributed by atoms with E-state index in [1.165, 1.54) is 0 Å². The van der Waals surface area contributed by atoms with Crippen LogP contribution in [0.2, 0.25) is 5.02 Å². The Labute approximate surface area is 151 Å². The summed E-state index contributed by atoms with van der Waals surface area (Å²) < 4.78 is 73.8. The molecule has 1 saturated carbocycles. The van der Waals surface area contributed by atoms with Crippen molar-refractivity contribution in [2.24, 2.45) is 5.92 Å². The Morgan fingerprint density at radius 1 is 1.38 bits per heavy atom. The molecule has 0 saturated heterocycles. The highest BCUT2D eigenvalue weighted by Crippen LogP contribution is 2.51. The molecule has 11 heteroatoms. The molecule has 3 rings (SSSR count). The Kier molecular flexibility index (Phi) is 4.28. The Bertz CT molecular complexity index is 946. The topological polar surface area (TPSA) is 81.7 Å². The number of rotatable bonds is 2. The van der Waals surface area contributed by atoms with Gasteiger partial charge in [0.1, 0.15) is 0 Å². The minimum absolute atomic E-state index is 0.211. The normalized spacial score (nSPS) is 22.4. The van der Waals surface area contributed by atoms with Crippen molar-refractivity contribution in [1.82, 2.24) is 0 Å². The zero-order valence-electron chi connectivity index (χ0n) is 13.1. The summed E-state index contributed by atoms with van der Waals surface area (Å²) in [5, 5.41) is 1.79. The summed E-state index contributed by atoms with van der Waals surface area (Å²) >= 11 is 5.84. The number of cyclic esters (lactones) is 1. The average Bonchev–Trinajstić information content (AvgIpc) is 3.27. The number of halogens is 4. The van der Waals surface area contributed by atoms with Gasteiger partial charge in [-0.25, -0.2) is 4.79 Å². The van der Waals surface area contributed by atoms with E-state index in [2.05, 4.69) is 14.8 Å². The molecule has 1 N–H and O–H groups in total. The summed E-state index contributed by atoms with van der Waals surface area (Å²) in [7, 11) is -4.10. The van der Waals surface area contributed by atoms with Crippen LogP contribution < -0.4 is 9.50 Å². The molecule has 1 amide bonds. The van der Waals surface area contributed by atoms with Gasteiger partial charge in [0.25, 0.3) is 5.60 Å². The minimum atomic E-state index is -5.10. The van der Waals surface area contributed by atoms with Crippen molar-refractivity contribution >= 4 is 33.5 Å². The van der Waals surface area contributed by atoms with Crippen LogP contribution in [-0.4, -0.2) is 26.9 Å². The first kappa shape index (κ1) is 18.7. The summed E-state index contributed by atoms with van der Waals surface area (Å²) in [6.45, 7) is 0. The zero-order chi connectivity index (χ0) is 19.3. The monoisotopic (exact) mass is 409 g/mol. The Hall–Kier alpha value is -2.12. The molecule has 0 bridgehead atoms. The van der Waals surface area contributed by atoms with E-state index in [1.807, 2.05) is 11.2 Å². The molecule has 1 fully saturated rings. The average molecular weight is 410 g/mol. The molecule has 26 heavy (non-hydrogen) atoms. The van der Waals surface area contributed by atoms with E-state index in [0.29, 0.717) is 19.1 Å². The number of nitrogens with one attached hydrogen (secondary N) is 1. The fourth-order valence-electron chi connectivity index (χ4n) is 2.34. The van der Waals surface area contributed by atoms with Crippen LogP contribution in [-0.2, 0) is 20.5 Å². The number of anilines is 1. The first-order chi connectivity index (χ1) is 11.9. The summed E-state index contributed by atoms with van der Waals surface area (Å²) in [6.07, 6.45) is -4.55. The second-order valence-electron chi connectivity index (χ2n) is 5.85. The van der Waals surface area contributed by atoms with Gasteiger partial charge in [0.2, 0.25) is 0 Å². The number of carbonyl (C=O) groups is 1. The van der Waals surface area contributed by atoms with Gasteiger partial charge in [0.15, 0.2) is 5.75 Å². The van der Waals surface area contributed by atoms with E-state index in [-0.39, 0.29) is 10.9 Å². The molecule has 0 unspecified atom stereocenters. The van der Waals surface area contributed by atoms with E-state index < -0.39 is 45.0 Å². The number of alkyl halides is 3. The first-order valence-electron chi connectivity index (χ1n) is 7.24. The SMILES string of the molecule is CS(=O)(=O)Oc1cc(Cl)cc2c1NC(=O)O[C@]2(C#CC1CC1)C(F)(F)F. The van der Waals surface area contributed by atoms with E-state index in [9.17, 15) is 26.4 Å². The van der Waals surface area contributed by atoms with Gasteiger partial charge < -0.3 is 8.92 Å². The Morgan fingerprint density at radius 3 is 2.58 bits per heavy atom. The van der Waals surface area contributed by atoms with E-state index >= 15 is 0 Å². The van der Waals surface area contributed by atoms with Crippen LogP contribution >= 0.6 is 11.6 Å². The standard InChI is InChI=1S/C15H11ClF3NO5S/c1-26(22,23)25-11-7-9(16)6-10-12(11)20-13(21)24-14(10,15(17,18)19)5-4-8-2-3-8/h6-8H,2-3H2,1H3,(H,20,21)/t14-/m0/s1. The van der Waals surface area contributed by atoms with Crippen LogP contribution in [0.15, 0.2) is 12.1 Å². The van der Waals surface area contributed by atoms with Crippen LogP contribution in [0, 0.1) is 17.8 Å². The van der Waals surface area contributed by atoms with Crippen molar-refractivity contribution in [3.05, 3.63) is 22.7 Å². The van der Waals surface area contributed by atoms with Gasteiger partial charge in [0, 0.05) is 22.6 Å². The van der Waals surface area contributed by atoms with Crippen molar-refractivity contribution < 1.29 is 35.3 Å². The number of hydrogen-bond donors (Lipinski definition) is 1. The van der Waals surface area contributed by atoms with Crippen LogP contribution in [0.3, 0.4) is 0 Å². The molecule has 1 aliphatic carbocycles. The molecule has 2 aliphatic rings. The van der Waals surface area contributed by atoms with Crippen LogP contribution in [0.4, 0.5) is 23.7 Å². The maximum Gasteiger partial charge on any atom is 0.445 e. The molecule has 6 nitrogen and oxygen atoms in total. The largest absolute Gasteiger partial charge is 0.445 e. The predicted octanol–water partition coefficient (Wildman–Crippen LogP) is 3.41. The van der Waals surface area contributed by atoms with E-state index in [4.69, 9.17) is 11.6 Å². The summed E-state index contributed by atoms with van der Waals surface area (Å²) in [4.78, 5) is 11.8. The number of fused-ring (bicyclic) bond motifs is 1. The van der Waals surface area contributed by atoms with E-state index in [0.717, 1.165) is 12.1 Å². The highest BCUT2D eigenvalue weighted by molar-refractivity contribution is 7.86. The number of hydrogen-bond acceptors (Lipinski definition) is 5. The molecule has 0 radical (unpaired) electrons. The molecular formula is C15H11ClF3NO5S. The molecule has 1 heterocycles. The molecular weight excluding hydrogens is 399 g/mol. The van der Waals surface area contributed by atoms with Crippen molar-refractivity contribution in [1.29, 1.82) is 0 Å². The molecule has 0 aromatic heterocycles. The molecule has 140 valence electrons. The second-order valence-corrected chi connectivity index (χ2v) is 7.86. The number of benzene rings is 1. The van der Waals surface area contributed by atoms with Gasteiger partial charge in [-0.1, -0.05) is 17.5 Å². The van der Waals surface area contributed by atoms with Gasteiger partial charge in [-0.15, -0.1) is 0 Å². The highest BCUT2D eigenvalue weighted by Gasteiger charge is 2.62. The number of ether oxygens (including phenoxy) is 1. The third-order valence-electron chi connectivity index (χ3n) is 3.59. The van der Waals surface area contributed by atoms with E-state index in [1.54, 1.807) is 0 Å². The Balaban J connectivity index is 2.28. The fraction of sp³-hybridized carbons (Fsp3) is 0.400. The van der Waals surface area contributed by atoms with Crippen molar-refractivity contribution in [2.75, 3.05) is 11.6 Å². The van der Waals surface area contributed by atoms with Crippen molar-refractivity contribution in [2.45, 2.75) is 24.6 Å². The maximum absolute atomic E-state index is 13.9. The van der Waals surface area contributed by atoms with Gasteiger partial charge in [-0.2, -0.15) is 21.6 Å². The molecule has 1 atom stereocenters. The smallest absolute Gasteiger partial charge is 0.415 e. The third kappa shape index (κ3) is 3.54. The predicted molar refractivity (Wildman–Crippen MR) is 85.3 cm³/mol. The number of carbonyl (C=O) groups excluding carboxylic acids is 1. The minimum Gasteiger partial charge on any atom is -0.415 e. The van der Waals surface area contributed by atoms with Gasteiger partial charge >= 0.3 is 22.4 Å². The van der Waals surface area contributed by atoms with Gasteiger partial charge in [-0.05, 0) is 24.8 Å². The summed E-state index contributed by atoms with van der Waals surface area (Å²) in [5.74, 6) is 3.69. The molecule has 1 aliphatic heterocycles. The lowest BCUT2D eigenvalue weighted by Gasteiger charge is -2.36. The lowest BCUT2D eigenvalue weighted by atomic mass is 9.90. The number of amides is 1. The first-order valence-corrected chi connectivity index (χ1v) is 9.44. The van der Waals surface area contributed by atoms with Crippen molar-refractivity contribution in [3.8, 4) is 17.6 Å². The summed E-state index contributed by atoms with van der Waals surface area (Å²) in [6, 6.07) is 1.88. The third-order valence-corrected chi connectivity index (χ3v) is 4.29. The van der Waals surface area contributed by atoms with Crippen LogP contribution in [0.1, 0.15) is 18.4 Å². The fourth-order valence-corrected chi connectivity index (χ4v) is 3.01. The van der Waals surface area contributed by atoms with Crippen LogP contribution in [0.25, 0.3) is 0 Å². The van der Waals surface area contributed by atoms with Crippen LogP contribution in [0.5, 0.6) is 5.75 Å². The molecule has 0 spiro atoms. The second kappa shape index (κ2) is 5.96. The highest BCUT2D eigenvalue weighted by atomic mass is 35.5. The van der Waals surface area contributed by atoms with Crippen molar-refractivity contribution in [3.63, 3.8) is 0 Å². The van der Waals surface area contributed by atoms with Gasteiger partial charge in [-0.3, -0.25) is 5.32 Å². The lowest BCUT2D eigenvalue weighted by molar-refractivity contribution is -0.239. The zero-order valence-corrected chi connectivity index (χ0v) is 14.7.